The molecular weight excluding hydrogens is 320 g/mol. The second kappa shape index (κ2) is 8.31. The Bertz CT molecular complexity index is 693. The van der Waals surface area contributed by atoms with Crippen LogP contribution in [0, 0.1) is 0 Å². The van der Waals surface area contributed by atoms with Crippen LogP contribution in [0.4, 0.5) is 0 Å². The van der Waals surface area contributed by atoms with Crippen molar-refractivity contribution < 1.29 is 10.2 Å². The molecule has 0 saturated carbocycles. The van der Waals surface area contributed by atoms with Gasteiger partial charge in [0.1, 0.15) is 11.2 Å². The highest BCUT2D eigenvalue weighted by Gasteiger charge is 2.31. The fourth-order valence-electron chi connectivity index (χ4n) is 3.37. The molecule has 0 radical (unpaired) electrons. The van der Waals surface area contributed by atoms with Crippen LogP contribution in [-0.4, -0.2) is 21.4 Å². The maximum atomic E-state index is 10.9. The molecule has 2 aliphatic carbocycles. The number of allylic oxidation sites excluding steroid dienone is 8. The van der Waals surface area contributed by atoms with E-state index in [2.05, 4.69) is 26.3 Å². The molecule has 0 aromatic carbocycles. The Labute approximate surface area is 157 Å². The zero-order valence-corrected chi connectivity index (χ0v) is 15.3. The van der Waals surface area contributed by atoms with Gasteiger partial charge in [0, 0.05) is 12.8 Å². The average molecular weight is 348 g/mol. The molecule has 0 amide bonds. The quantitative estimate of drug-likeness (QED) is 0.603. The van der Waals surface area contributed by atoms with Gasteiger partial charge in [-0.05, 0) is 47.3 Å². The molecule has 2 N–H and O–H groups in total. The summed E-state index contributed by atoms with van der Waals surface area (Å²) < 4.78 is 0. The fourth-order valence-corrected chi connectivity index (χ4v) is 3.37. The molecule has 2 rings (SSSR count). The van der Waals surface area contributed by atoms with E-state index in [9.17, 15) is 10.2 Å². The largest absolute Gasteiger partial charge is 0.381 e. The van der Waals surface area contributed by atoms with Crippen LogP contribution in [-0.2, 0) is 0 Å². The van der Waals surface area contributed by atoms with Crippen LogP contribution in [0.25, 0.3) is 0 Å². The van der Waals surface area contributed by atoms with Crippen LogP contribution in [0.3, 0.4) is 0 Å². The van der Waals surface area contributed by atoms with E-state index in [1.807, 2.05) is 36.5 Å². The van der Waals surface area contributed by atoms with Crippen molar-refractivity contribution in [2.24, 2.45) is 0 Å². The van der Waals surface area contributed by atoms with E-state index >= 15 is 0 Å². The van der Waals surface area contributed by atoms with Crippen molar-refractivity contribution in [3.8, 4) is 0 Å². The zero-order chi connectivity index (χ0) is 19.2. The molecule has 0 saturated heterocycles. The summed E-state index contributed by atoms with van der Waals surface area (Å²) in [5.41, 5.74) is 1.72. The lowest BCUT2D eigenvalue weighted by molar-refractivity contribution is 0.129. The minimum Gasteiger partial charge on any atom is -0.381 e. The van der Waals surface area contributed by atoms with E-state index < -0.39 is 11.2 Å². The van der Waals surface area contributed by atoms with Gasteiger partial charge in [-0.15, -0.1) is 26.3 Å². The average Bonchev–Trinajstić information content (AvgIpc) is 2.60. The predicted molar refractivity (Wildman–Crippen MR) is 111 cm³/mol. The fraction of sp³-hybridized carbons (Fsp3) is 0.250. The summed E-state index contributed by atoms with van der Waals surface area (Å²) in [5.74, 6) is 0. The zero-order valence-electron chi connectivity index (χ0n) is 15.3. The Morgan fingerprint density at radius 2 is 1.08 bits per heavy atom. The van der Waals surface area contributed by atoms with Gasteiger partial charge >= 0.3 is 0 Å². The summed E-state index contributed by atoms with van der Waals surface area (Å²) in [6, 6.07) is 0. The molecule has 2 aliphatic rings. The van der Waals surface area contributed by atoms with Gasteiger partial charge in [-0.1, -0.05) is 48.6 Å². The second-order valence-corrected chi connectivity index (χ2v) is 6.74. The molecule has 2 heteroatoms. The molecule has 0 aliphatic heterocycles. The molecule has 0 fully saturated rings. The van der Waals surface area contributed by atoms with Gasteiger partial charge in [-0.2, -0.15) is 0 Å². The van der Waals surface area contributed by atoms with Crippen molar-refractivity contribution in [1.82, 2.24) is 0 Å². The lowest BCUT2D eigenvalue weighted by Crippen LogP contribution is -2.31. The predicted octanol–water partition coefficient (Wildman–Crippen LogP) is 5.04. The minimum atomic E-state index is -1.02. The topological polar surface area (TPSA) is 40.5 Å². The van der Waals surface area contributed by atoms with Gasteiger partial charge in [0.15, 0.2) is 0 Å². The highest BCUT2D eigenvalue weighted by Crippen LogP contribution is 2.37. The molecular formula is C24H28O2. The molecule has 26 heavy (non-hydrogen) atoms. The van der Waals surface area contributed by atoms with Gasteiger partial charge in [-0.25, -0.2) is 0 Å². The highest BCUT2D eigenvalue weighted by atomic mass is 16.3. The van der Waals surface area contributed by atoms with Gasteiger partial charge in [-0.3, -0.25) is 0 Å². The summed E-state index contributed by atoms with van der Waals surface area (Å²) in [4.78, 5) is 0. The number of hydrogen-bond acceptors (Lipinski definition) is 2. The van der Waals surface area contributed by atoms with Crippen molar-refractivity contribution in [3.05, 3.63) is 109 Å². The van der Waals surface area contributed by atoms with Gasteiger partial charge in [0.25, 0.3) is 0 Å². The maximum absolute atomic E-state index is 10.9. The van der Waals surface area contributed by atoms with Gasteiger partial charge < -0.3 is 10.2 Å². The summed E-state index contributed by atoms with van der Waals surface area (Å²) >= 11 is 0. The summed E-state index contributed by atoms with van der Waals surface area (Å²) in [6.45, 7) is 15.1. The van der Waals surface area contributed by atoms with Crippen LogP contribution in [0.2, 0.25) is 0 Å². The molecule has 0 aromatic heterocycles. The van der Waals surface area contributed by atoms with Crippen molar-refractivity contribution >= 4 is 0 Å². The lowest BCUT2D eigenvalue weighted by atomic mass is 9.78. The summed E-state index contributed by atoms with van der Waals surface area (Å²) in [7, 11) is 0. The van der Waals surface area contributed by atoms with Crippen LogP contribution < -0.4 is 0 Å². The van der Waals surface area contributed by atoms with E-state index in [0.29, 0.717) is 25.7 Å². The standard InChI is InChI=1S/C24H28O2/c1-5-9-21-17-19(11-15-23(21,25)13-7-3)20-12-16-24(26,14-8-4)22(18-20)10-6-2/h5-8,11-12,15-18,25-26H,1-4,9-10,13-14H2. The van der Waals surface area contributed by atoms with Crippen LogP contribution in [0.5, 0.6) is 0 Å². The first-order chi connectivity index (χ1) is 12.4. The molecule has 0 spiro atoms. The monoisotopic (exact) mass is 348 g/mol. The van der Waals surface area contributed by atoms with E-state index in [-0.39, 0.29) is 0 Å². The third-order valence-corrected chi connectivity index (χ3v) is 4.82. The third kappa shape index (κ3) is 4.04. The Morgan fingerprint density at radius 1 is 0.692 bits per heavy atom. The minimum absolute atomic E-state index is 0.457. The van der Waals surface area contributed by atoms with Crippen molar-refractivity contribution in [1.29, 1.82) is 0 Å². The Kier molecular flexibility index (Phi) is 6.36. The third-order valence-electron chi connectivity index (χ3n) is 4.82. The first-order valence-electron chi connectivity index (χ1n) is 8.85. The molecule has 2 unspecified atom stereocenters. The first kappa shape index (κ1) is 19.9. The molecule has 136 valence electrons. The Hall–Kier alpha value is -2.42. The van der Waals surface area contributed by atoms with E-state index in [4.69, 9.17) is 0 Å². The van der Waals surface area contributed by atoms with Crippen LogP contribution in [0.1, 0.15) is 25.7 Å². The smallest absolute Gasteiger partial charge is 0.108 e. The molecule has 0 heterocycles. The Morgan fingerprint density at radius 3 is 1.38 bits per heavy atom. The van der Waals surface area contributed by atoms with E-state index in [1.165, 1.54) is 0 Å². The van der Waals surface area contributed by atoms with Crippen molar-refractivity contribution in [3.63, 3.8) is 0 Å². The van der Waals surface area contributed by atoms with Crippen molar-refractivity contribution in [2.45, 2.75) is 36.9 Å². The molecule has 0 aromatic rings. The number of aliphatic hydroxyl groups is 2. The number of rotatable bonds is 8. The van der Waals surface area contributed by atoms with Gasteiger partial charge in [0.2, 0.25) is 0 Å². The highest BCUT2D eigenvalue weighted by molar-refractivity contribution is 5.57. The summed E-state index contributed by atoms with van der Waals surface area (Å²) in [6.07, 6.45) is 20.6. The molecule has 2 nitrogen and oxygen atoms in total. The van der Waals surface area contributed by atoms with Crippen molar-refractivity contribution in [2.75, 3.05) is 0 Å². The van der Waals surface area contributed by atoms with Crippen LogP contribution in [0.15, 0.2) is 109 Å². The molecule has 2 atom stereocenters. The van der Waals surface area contributed by atoms with Gasteiger partial charge in [0.05, 0.1) is 0 Å². The normalized spacial score (nSPS) is 30.4. The van der Waals surface area contributed by atoms with E-state index in [0.717, 1.165) is 22.3 Å². The first-order valence-corrected chi connectivity index (χ1v) is 8.85. The maximum Gasteiger partial charge on any atom is 0.108 e. The Balaban J connectivity index is 2.49. The van der Waals surface area contributed by atoms with Crippen LogP contribution >= 0.6 is 0 Å². The molecule has 0 bridgehead atoms. The second-order valence-electron chi connectivity index (χ2n) is 6.74. The lowest BCUT2D eigenvalue weighted by Gasteiger charge is -2.32. The number of hydrogen-bond donors (Lipinski definition) is 2. The summed E-state index contributed by atoms with van der Waals surface area (Å²) in [5, 5.41) is 21.7. The van der Waals surface area contributed by atoms with E-state index in [1.54, 1.807) is 24.3 Å². The SMILES string of the molecule is C=CCC1=CC(=C2C=CC(O)(CC=C)C(CC=C)=C2)C=CC1(O)CC=C.